The Bertz CT molecular complexity index is 2020. The molecule has 9 saturated carbocycles. The molecule has 0 heterocycles. The van der Waals surface area contributed by atoms with Crippen LogP contribution in [0.4, 0.5) is 0 Å². The highest BCUT2D eigenvalue weighted by molar-refractivity contribution is 8.30. The number of carbonyl (C=O) groups is 1. The molecule has 9 fully saturated rings. The zero-order valence-electron chi connectivity index (χ0n) is 49.2. The molecule has 0 radical (unpaired) electrons. The van der Waals surface area contributed by atoms with E-state index in [9.17, 15) is 0 Å². The quantitative estimate of drug-likeness (QED) is 0.171. The molecule has 0 N–H and O–H groups in total. The first-order valence-corrected chi connectivity index (χ1v) is 36.2. The lowest BCUT2D eigenvalue weighted by Gasteiger charge is -2.51. The second-order valence-corrected chi connectivity index (χ2v) is 30.7. The summed E-state index contributed by atoms with van der Waals surface area (Å²) in [5.74, 6) is 5.05. The molecule has 422 valence electrons. The van der Waals surface area contributed by atoms with Crippen LogP contribution in [0, 0.1) is 0 Å². The van der Waals surface area contributed by atoms with Gasteiger partial charge in [0.15, 0.2) is 0 Å². The van der Waals surface area contributed by atoms with E-state index >= 15 is 4.79 Å². The summed E-state index contributed by atoms with van der Waals surface area (Å²) in [6, 6.07) is 17.5. The van der Waals surface area contributed by atoms with Crippen molar-refractivity contribution in [2.75, 3.05) is 0 Å². The maximum Gasteiger partial charge on any atom is 0.313 e. The molecule has 0 amide bonds. The second kappa shape index (κ2) is 26.2. The third-order valence-electron chi connectivity index (χ3n) is 23.1. The first-order chi connectivity index (χ1) is 38.0. The molecule has 77 heavy (non-hydrogen) atoms. The van der Waals surface area contributed by atoms with Crippen molar-refractivity contribution in [3.63, 3.8) is 0 Å². The molecule has 9 aliphatic rings. The van der Waals surface area contributed by atoms with Crippen LogP contribution in [-0.2, 0) is 8.98 Å². The maximum atomic E-state index is 15.8. The van der Waals surface area contributed by atoms with Crippen LogP contribution in [-0.4, -0.2) is 5.97 Å². The standard InChI is InChI=1S/C74H108O2S/c1-53(75)76-77(72-66(57-35-17-5-18-36-57)47-63(54-29-11-2-12-30-54)48-67(72)58-37-19-6-20-38-58,73-68(59-39-21-7-22-40-59)49-64(55-31-13-3-14-32-55)50-69(73)60-41-23-8-24-42-60)74-70(61-43-25-9-26-44-61)51-65(56-33-15-4-16-34-56)52-71(74)62-45-27-10-28-46-62/h47-52,54-62H,2-46H2,1H3. The molecule has 0 unspecified atom stereocenters. The number of carbonyl (C=O) groups excluding carboxylic acids is 1. The SMILES string of the molecule is CC(=O)OS(c1c(C2CCCCC2)cc(C2CCCCC2)cc1C1CCCCC1)(c1c(C2CCCCC2)cc(C2CCCCC2)cc1C1CCCCC1)c1c(C2CCCCC2)cc(C2CCCCC2)cc1C1CCCCC1. The van der Waals surface area contributed by atoms with Crippen LogP contribution in [0.15, 0.2) is 51.1 Å². The van der Waals surface area contributed by atoms with Gasteiger partial charge in [-0.25, -0.2) is 0 Å². The van der Waals surface area contributed by atoms with Crippen molar-refractivity contribution in [2.45, 2.75) is 364 Å². The summed E-state index contributed by atoms with van der Waals surface area (Å²) in [5, 5.41) is 0. The highest BCUT2D eigenvalue weighted by atomic mass is 32.3. The van der Waals surface area contributed by atoms with Gasteiger partial charge in [-0.05, 0) is 229 Å². The van der Waals surface area contributed by atoms with Gasteiger partial charge in [0.05, 0.1) is 0 Å². The fourth-order valence-electron chi connectivity index (χ4n) is 19.0. The van der Waals surface area contributed by atoms with Crippen LogP contribution >= 0.6 is 10.3 Å². The minimum Gasteiger partial charge on any atom is -0.402 e. The van der Waals surface area contributed by atoms with Crippen LogP contribution in [0.1, 0.15) is 399 Å². The summed E-state index contributed by atoms with van der Waals surface area (Å²) in [6.45, 7) is 1.91. The van der Waals surface area contributed by atoms with Crippen LogP contribution in [0.3, 0.4) is 0 Å². The Hall–Kier alpha value is -2.52. The van der Waals surface area contributed by atoms with Crippen molar-refractivity contribution in [1.29, 1.82) is 0 Å². The van der Waals surface area contributed by atoms with Gasteiger partial charge in [-0.1, -0.05) is 210 Å². The minimum atomic E-state index is -2.70. The zero-order chi connectivity index (χ0) is 52.0. The van der Waals surface area contributed by atoms with E-state index in [1.54, 1.807) is 64.8 Å². The van der Waals surface area contributed by atoms with Crippen molar-refractivity contribution >= 4 is 16.3 Å². The summed E-state index contributed by atoms with van der Waals surface area (Å²) in [5.41, 5.74) is 15.3. The highest BCUT2D eigenvalue weighted by Gasteiger charge is 2.50. The van der Waals surface area contributed by atoms with E-state index in [2.05, 4.69) is 36.4 Å². The molecule has 0 saturated heterocycles. The molecule has 0 bridgehead atoms. The highest BCUT2D eigenvalue weighted by Crippen LogP contribution is 2.78. The molecule has 9 aliphatic carbocycles. The molecule has 0 aromatic heterocycles. The van der Waals surface area contributed by atoms with E-state index < -0.39 is 10.3 Å². The van der Waals surface area contributed by atoms with Crippen molar-refractivity contribution in [1.82, 2.24) is 0 Å². The summed E-state index contributed by atoms with van der Waals surface area (Å²) >= 11 is 0. The number of hydrogen-bond acceptors (Lipinski definition) is 2. The molecule has 0 atom stereocenters. The third-order valence-corrected chi connectivity index (χ3v) is 26.7. The lowest BCUT2D eigenvalue weighted by Crippen LogP contribution is -2.27. The Kier molecular flexibility index (Phi) is 18.7. The van der Waals surface area contributed by atoms with Crippen molar-refractivity contribution in [3.8, 4) is 0 Å². The van der Waals surface area contributed by atoms with Gasteiger partial charge in [-0.2, -0.15) is 0 Å². The van der Waals surface area contributed by atoms with Crippen molar-refractivity contribution in [3.05, 3.63) is 86.5 Å². The van der Waals surface area contributed by atoms with Crippen LogP contribution < -0.4 is 0 Å². The fourth-order valence-corrected chi connectivity index (χ4v) is 23.6. The van der Waals surface area contributed by atoms with Crippen LogP contribution in [0.2, 0.25) is 0 Å². The molecule has 0 aliphatic heterocycles. The zero-order valence-corrected chi connectivity index (χ0v) is 50.0. The van der Waals surface area contributed by atoms with Gasteiger partial charge in [0.2, 0.25) is 0 Å². The Morgan fingerprint density at radius 3 is 0.584 bits per heavy atom. The minimum absolute atomic E-state index is 0.00151. The monoisotopic (exact) mass is 1060 g/mol. The first kappa shape index (κ1) is 55.0. The smallest absolute Gasteiger partial charge is 0.313 e. The Balaban J connectivity index is 1.29. The summed E-state index contributed by atoms with van der Waals surface area (Å²) < 4.78 is 8.59. The average Bonchev–Trinajstić information content (AvgIpc) is 3.70. The second-order valence-electron chi connectivity index (χ2n) is 28.2. The van der Waals surface area contributed by atoms with Gasteiger partial charge < -0.3 is 4.18 Å². The fraction of sp³-hybridized carbons (Fsp3) is 0.743. The lowest BCUT2D eigenvalue weighted by atomic mass is 9.75. The Morgan fingerprint density at radius 2 is 0.429 bits per heavy atom. The molecule has 0 spiro atoms. The molecule has 3 aromatic carbocycles. The summed E-state index contributed by atoms with van der Waals surface area (Å²) in [4.78, 5) is 20.8. The normalized spacial score (nSPS) is 25.0. The topological polar surface area (TPSA) is 26.3 Å². The van der Waals surface area contributed by atoms with E-state index in [0.29, 0.717) is 53.3 Å². The molecular formula is C74H108O2S. The van der Waals surface area contributed by atoms with Crippen molar-refractivity contribution < 1.29 is 8.98 Å². The molecule has 3 aromatic rings. The molecule has 12 rings (SSSR count). The van der Waals surface area contributed by atoms with E-state index in [-0.39, 0.29) is 5.97 Å². The van der Waals surface area contributed by atoms with Crippen LogP contribution in [0.5, 0.6) is 0 Å². The van der Waals surface area contributed by atoms with Gasteiger partial charge in [0, 0.05) is 21.6 Å². The van der Waals surface area contributed by atoms with E-state index in [4.69, 9.17) is 4.18 Å². The number of hydrogen-bond donors (Lipinski definition) is 0. The number of benzene rings is 3. The average molecular weight is 1060 g/mol. The third kappa shape index (κ3) is 12.1. The Morgan fingerprint density at radius 1 is 0.273 bits per heavy atom. The predicted octanol–water partition coefficient (Wildman–Crippen LogP) is 23.9. The van der Waals surface area contributed by atoms with Gasteiger partial charge in [0.1, 0.15) is 0 Å². The molecule has 2 nitrogen and oxygen atoms in total. The maximum absolute atomic E-state index is 15.8. The van der Waals surface area contributed by atoms with Gasteiger partial charge in [-0.15, -0.1) is 0 Å². The van der Waals surface area contributed by atoms with Crippen molar-refractivity contribution in [2.24, 2.45) is 0 Å². The van der Waals surface area contributed by atoms with E-state index in [1.807, 2.05) is 6.92 Å². The Labute approximate surface area is 472 Å². The van der Waals surface area contributed by atoms with E-state index in [0.717, 1.165) is 0 Å². The molecule has 3 heteroatoms. The lowest BCUT2D eigenvalue weighted by molar-refractivity contribution is -0.131. The number of rotatable bonds is 13. The summed E-state index contributed by atoms with van der Waals surface area (Å²) in [7, 11) is -2.70. The van der Waals surface area contributed by atoms with Gasteiger partial charge in [0.25, 0.3) is 0 Å². The summed E-state index contributed by atoms with van der Waals surface area (Å²) in [6.07, 6.45) is 60.2. The van der Waals surface area contributed by atoms with Gasteiger partial charge >= 0.3 is 5.97 Å². The largest absolute Gasteiger partial charge is 0.402 e. The van der Waals surface area contributed by atoms with E-state index in [1.165, 1.54) is 289 Å². The first-order valence-electron chi connectivity index (χ1n) is 34.6. The molecular weight excluding hydrogens is 953 g/mol. The van der Waals surface area contributed by atoms with Gasteiger partial charge in [-0.3, -0.25) is 4.79 Å². The van der Waals surface area contributed by atoms with Crippen LogP contribution in [0.25, 0.3) is 0 Å². The predicted molar refractivity (Wildman–Crippen MR) is 326 cm³/mol.